The lowest BCUT2D eigenvalue weighted by atomic mass is 9.70. The lowest BCUT2D eigenvalue weighted by Gasteiger charge is -2.38. The molecule has 1 fully saturated rings. The van der Waals surface area contributed by atoms with Crippen LogP contribution in [0.4, 0.5) is 0 Å². The average molecular weight is 290 g/mol. The first-order valence-electron chi connectivity index (χ1n) is 8.31. The van der Waals surface area contributed by atoms with Crippen LogP contribution in [0.2, 0.25) is 0 Å². The van der Waals surface area contributed by atoms with Crippen molar-refractivity contribution in [3.63, 3.8) is 0 Å². The van der Waals surface area contributed by atoms with Gasteiger partial charge in [0.15, 0.2) is 0 Å². The van der Waals surface area contributed by atoms with Gasteiger partial charge in [-0.1, -0.05) is 26.2 Å². The molecule has 118 valence electrons. The Morgan fingerprint density at radius 2 is 1.95 bits per heavy atom. The summed E-state index contributed by atoms with van der Waals surface area (Å²) in [5.41, 5.74) is 3.95. The SMILES string of the molecule is CCNCC1(Cc2ncc(C)c(OC)c2C)CCCCC1. The van der Waals surface area contributed by atoms with E-state index >= 15 is 0 Å². The molecule has 3 heteroatoms. The van der Waals surface area contributed by atoms with Crippen molar-refractivity contribution >= 4 is 0 Å². The number of aryl methyl sites for hydroxylation is 1. The highest BCUT2D eigenvalue weighted by atomic mass is 16.5. The maximum atomic E-state index is 5.56. The van der Waals surface area contributed by atoms with Crippen molar-refractivity contribution in [3.8, 4) is 5.75 Å². The minimum absolute atomic E-state index is 0.381. The lowest BCUT2D eigenvalue weighted by Crippen LogP contribution is -2.38. The standard InChI is InChI=1S/C18H30N2O/c1-5-19-13-18(9-7-6-8-10-18)11-16-15(3)17(21-4)14(2)12-20-16/h12,19H,5-11,13H2,1-4H3. The van der Waals surface area contributed by atoms with Crippen molar-refractivity contribution in [2.75, 3.05) is 20.2 Å². The van der Waals surface area contributed by atoms with Crippen molar-refractivity contribution in [1.29, 1.82) is 0 Å². The van der Waals surface area contributed by atoms with E-state index in [-0.39, 0.29) is 0 Å². The fourth-order valence-corrected chi connectivity index (χ4v) is 3.71. The van der Waals surface area contributed by atoms with Crippen LogP contribution in [0.1, 0.15) is 55.8 Å². The molecule has 1 heterocycles. The number of hydrogen-bond acceptors (Lipinski definition) is 3. The van der Waals surface area contributed by atoms with Crippen LogP contribution in [0.3, 0.4) is 0 Å². The summed E-state index contributed by atoms with van der Waals surface area (Å²) >= 11 is 0. The van der Waals surface area contributed by atoms with Crippen LogP contribution in [0.15, 0.2) is 6.20 Å². The van der Waals surface area contributed by atoms with Gasteiger partial charge in [0.25, 0.3) is 0 Å². The number of nitrogens with one attached hydrogen (secondary N) is 1. The Morgan fingerprint density at radius 3 is 2.57 bits per heavy atom. The first-order chi connectivity index (χ1) is 10.1. The van der Waals surface area contributed by atoms with Crippen LogP contribution in [-0.2, 0) is 6.42 Å². The summed E-state index contributed by atoms with van der Waals surface area (Å²) in [5.74, 6) is 1.01. The Kier molecular flexibility index (Phi) is 5.63. The van der Waals surface area contributed by atoms with Gasteiger partial charge in [-0.25, -0.2) is 0 Å². The summed E-state index contributed by atoms with van der Waals surface area (Å²) < 4.78 is 5.56. The molecule has 0 unspecified atom stereocenters. The number of ether oxygens (including phenoxy) is 1. The zero-order chi connectivity index (χ0) is 15.3. The zero-order valence-corrected chi connectivity index (χ0v) is 14.1. The summed E-state index contributed by atoms with van der Waals surface area (Å²) in [7, 11) is 1.76. The third kappa shape index (κ3) is 3.76. The molecule has 3 nitrogen and oxygen atoms in total. The highest BCUT2D eigenvalue weighted by Gasteiger charge is 2.33. The van der Waals surface area contributed by atoms with E-state index in [1.54, 1.807) is 7.11 Å². The predicted molar refractivity (Wildman–Crippen MR) is 88.0 cm³/mol. The predicted octanol–water partition coefficient (Wildman–Crippen LogP) is 3.81. The largest absolute Gasteiger partial charge is 0.496 e. The number of hydrogen-bond donors (Lipinski definition) is 1. The van der Waals surface area contributed by atoms with Crippen LogP contribution >= 0.6 is 0 Å². The highest BCUT2D eigenvalue weighted by molar-refractivity contribution is 5.41. The second kappa shape index (κ2) is 7.26. The quantitative estimate of drug-likeness (QED) is 0.865. The molecule has 0 aliphatic heterocycles. The summed E-state index contributed by atoms with van der Waals surface area (Å²) in [4.78, 5) is 4.73. The van der Waals surface area contributed by atoms with Crippen molar-refractivity contribution in [2.24, 2.45) is 5.41 Å². The molecular weight excluding hydrogens is 260 g/mol. The molecule has 0 atom stereocenters. The number of pyridine rings is 1. The van der Waals surface area contributed by atoms with E-state index in [0.717, 1.165) is 30.8 Å². The molecule has 2 rings (SSSR count). The topological polar surface area (TPSA) is 34.2 Å². The van der Waals surface area contributed by atoms with Gasteiger partial charge in [0, 0.05) is 29.6 Å². The smallest absolute Gasteiger partial charge is 0.128 e. The summed E-state index contributed by atoms with van der Waals surface area (Å²) in [6, 6.07) is 0. The van der Waals surface area contributed by atoms with Crippen LogP contribution in [0, 0.1) is 19.3 Å². The molecule has 1 N–H and O–H groups in total. The zero-order valence-electron chi connectivity index (χ0n) is 14.1. The molecule has 0 aromatic carbocycles. The van der Waals surface area contributed by atoms with Crippen LogP contribution in [0.5, 0.6) is 5.75 Å². The van der Waals surface area contributed by atoms with Crippen LogP contribution in [-0.4, -0.2) is 25.2 Å². The third-order valence-electron chi connectivity index (χ3n) is 4.96. The molecule has 1 aliphatic carbocycles. The molecule has 1 aliphatic rings. The molecule has 0 spiro atoms. The molecule has 21 heavy (non-hydrogen) atoms. The molecule has 1 aromatic heterocycles. The van der Waals surface area contributed by atoms with Gasteiger partial charge in [0.1, 0.15) is 5.75 Å². The van der Waals surface area contributed by atoms with Gasteiger partial charge in [-0.05, 0) is 45.1 Å². The molecule has 0 radical (unpaired) electrons. The fraction of sp³-hybridized carbons (Fsp3) is 0.722. The Balaban J connectivity index is 2.24. The highest BCUT2D eigenvalue weighted by Crippen LogP contribution is 2.40. The van der Waals surface area contributed by atoms with Crippen LogP contribution < -0.4 is 10.1 Å². The van der Waals surface area contributed by atoms with E-state index < -0.39 is 0 Å². The van der Waals surface area contributed by atoms with E-state index in [4.69, 9.17) is 9.72 Å². The minimum Gasteiger partial charge on any atom is -0.496 e. The molecule has 0 saturated heterocycles. The number of methoxy groups -OCH3 is 1. The van der Waals surface area contributed by atoms with Crippen molar-refractivity contribution in [2.45, 2.75) is 59.3 Å². The second-order valence-electron chi connectivity index (χ2n) is 6.56. The van der Waals surface area contributed by atoms with Gasteiger partial charge < -0.3 is 10.1 Å². The lowest BCUT2D eigenvalue weighted by molar-refractivity contribution is 0.180. The summed E-state index contributed by atoms with van der Waals surface area (Å²) in [6.45, 7) is 8.57. The van der Waals surface area contributed by atoms with E-state index in [2.05, 4.69) is 26.1 Å². The summed E-state index contributed by atoms with van der Waals surface area (Å²) in [6.07, 6.45) is 9.76. The monoisotopic (exact) mass is 290 g/mol. The van der Waals surface area contributed by atoms with E-state index in [1.807, 2.05) is 6.20 Å². The Morgan fingerprint density at radius 1 is 1.24 bits per heavy atom. The normalized spacial score (nSPS) is 17.7. The van der Waals surface area contributed by atoms with Gasteiger partial charge in [-0.3, -0.25) is 4.98 Å². The first-order valence-corrected chi connectivity index (χ1v) is 8.31. The van der Waals surface area contributed by atoms with E-state index in [9.17, 15) is 0 Å². The maximum absolute atomic E-state index is 5.56. The van der Waals surface area contributed by atoms with E-state index in [0.29, 0.717) is 5.41 Å². The fourth-order valence-electron chi connectivity index (χ4n) is 3.71. The van der Waals surface area contributed by atoms with Crippen molar-refractivity contribution < 1.29 is 4.74 Å². The second-order valence-corrected chi connectivity index (χ2v) is 6.56. The minimum atomic E-state index is 0.381. The third-order valence-corrected chi connectivity index (χ3v) is 4.96. The van der Waals surface area contributed by atoms with Gasteiger partial charge in [0.05, 0.1) is 7.11 Å². The average Bonchev–Trinajstić information content (AvgIpc) is 2.50. The van der Waals surface area contributed by atoms with Gasteiger partial charge in [0.2, 0.25) is 0 Å². The molecule has 1 aromatic rings. The Bertz CT molecular complexity index is 465. The Labute approximate surface area is 129 Å². The summed E-state index contributed by atoms with van der Waals surface area (Å²) in [5, 5.41) is 3.58. The molecule has 1 saturated carbocycles. The first kappa shape index (κ1) is 16.3. The van der Waals surface area contributed by atoms with Crippen LogP contribution in [0.25, 0.3) is 0 Å². The van der Waals surface area contributed by atoms with Crippen molar-refractivity contribution in [1.82, 2.24) is 10.3 Å². The number of nitrogens with zero attached hydrogens (tertiary/aromatic N) is 1. The van der Waals surface area contributed by atoms with Crippen molar-refractivity contribution in [3.05, 3.63) is 23.0 Å². The molecule has 0 bridgehead atoms. The molecular formula is C18H30N2O. The van der Waals surface area contributed by atoms with E-state index in [1.165, 1.54) is 43.4 Å². The number of aromatic nitrogens is 1. The van der Waals surface area contributed by atoms with Gasteiger partial charge in [-0.2, -0.15) is 0 Å². The maximum Gasteiger partial charge on any atom is 0.128 e. The number of rotatable bonds is 6. The van der Waals surface area contributed by atoms with Gasteiger partial charge in [-0.15, -0.1) is 0 Å². The van der Waals surface area contributed by atoms with Gasteiger partial charge >= 0.3 is 0 Å². The molecule has 0 amide bonds. The Hall–Kier alpha value is -1.09.